The summed E-state index contributed by atoms with van der Waals surface area (Å²) in [6.45, 7) is 8.70. The number of benzene rings is 2. The molecule has 3 nitrogen and oxygen atoms in total. The molecule has 0 spiro atoms. The molecule has 0 saturated heterocycles. The summed E-state index contributed by atoms with van der Waals surface area (Å²) in [6.07, 6.45) is 3.12. The van der Waals surface area contributed by atoms with E-state index in [0.717, 1.165) is 54.7 Å². The maximum atomic E-state index is 9.92. The highest BCUT2D eigenvalue weighted by Gasteiger charge is 2.18. The molecule has 136 valence electrons. The third kappa shape index (κ3) is 3.52. The molecule has 2 aromatic carbocycles. The summed E-state index contributed by atoms with van der Waals surface area (Å²) in [5.74, 6) is 0.272. The average molecular weight is 348 g/mol. The predicted octanol–water partition coefficient (Wildman–Crippen LogP) is 5.80. The van der Waals surface area contributed by atoms with Crippen molar-refractivity contribution in [3.05, 3.63) is 54.2 Å². The van der Waals surface area contributed by atoms with E-state index in [9.17, 15) is 5.11 Å². The highest BCUT2D eigenvalue weighted by atomic mass is 16.3. The zero-order valence-electron chi connectivity index (χ0n) is 16.0. The first-order valence-electron chi connectivity index (χ1n) is 9.65. The second-order valence-electron chi connectivity index (χ2n) is 6.69. The number of anilines is 1. The quantitative estimate of drug-likeness (QED) is 0.586. The van der Waals surface area contributed by atoms with Crippen molar-refractivity contribution in [2.24, 2.45) is 0 Å². The van der Waals surface area contributed by atoms with Crippen LogP contribution in [-0.2, 0) is 6.42 Å². The second-order valence-corrected chi connectivity index (χ2v) is 6.69. The Morgan fingerprint density at radius 2 is 1.58 bits per heavy atom. The molecule has 0 bridgehead atoms. The van der Waals surface area contributed by atoms with Gasteiger partial charge in [0.05, 0.1) is 17.1 Å². The van der Waals surface area contributed by atoms with Gasteiger partial charge in [-0.25, -0.2) is 0 Å². The summed E-state index contributed by atoms with van der Waals surface area (Å²) in [7, 11) is 0. The van der Waals surface area contributed by atoms with Crippen LogP contribution in [-0.4, -0.2) is 23.2 Å². The molecule has 1 aromatic heterocycles. The predicted molar refractivity (Wildman–Crippen MR) is 111 cm³/mol. The van der Waals surface area contributed by atoms with E-state index < -0.39 is 0 Å². The first-order chi connectivity index (χ1) is 12.7. The smallest absolute Gasteiger partial charge is 0.116 e. The Morgan fingerprint density at radius 1 is 0.885 bits per heavy atom. The molecule has 0 saturated carbocycles. The number of hydrogen-bond acceptors (Lipinski definition) is 3. The van der Waals surface area contributed by atoms with Crippen LogP contribution in [0.4, 0.5) is 5.69 Å². The van der Waals surface area contributed by atoms with Crippen molar-refractivity contribution < 1.29 is 5.11 Å². The minimum absolute atomic E-state index is 0.272. The molecule has 0 aliphatic carbocycles. The first kappa shape index (κ1) is 18.2. The average Bonchev–Trinajstić information content (AvgIpc) is 2.66. The van der Waals surface area contributed by atoms with Gasteiger partial charge in [0.1, 0.15) is 5.75 Å². The molecule has 0 fully saturated rings. The number of aromatic nitrogens is 1. The number of rotatable bonds is 7. The number of pyridine rings is 1. The van der Waals surface area contributed by atoms with Gasteiger partial charge in [-0.05, 0) is 31.4 Å². The zero-order valence-corrected chi connectivity index (χ0v) is 16.0. The monoisotopic (exact) mass is 348 g/mol. The Hall–Kier alpha value is -2.55. The summed E-state index contributed by atoms with van der Waals surface area (Å²) in [4.78, 5) is 7.55. The van der Waals surface area contributed by atoms with Crippen molar-refractivity contribution in [3.8, 4) is 17.0 Å². The molecule has 0 aliphatic rings. The summed E-state index contributed by atoms with van der Waals surface area (Å²) in [5.41, 5.74) is 4.31. The lowest BCUT2D eigenvalue weighted by molar-refractivity contribution is 0.475. The van der Waals surface area contributed by atoms with E-state index in [0.29, 0.717) is 0 Å². The fourth-order valence-electron chi connectivity index (χ4n) is 3.65. The van der Waals surface area contributed by atoms with Gasteiger partial charge in [-0.1, -0.05) is 57.2 Å². The van der Waals surface area contributed by atoms with Crippen molar-refractivity contribution in [1.82, 2.24) is 4.98 Å². The van der Waals surface area contributed by atoms with Crippen LogP contribution in [0.1, 0.15) is 39.3 Å². The van der Waals surface area contributed by atoms with Crippen molar-refractivity contribution in [1.29, 1.82) is 0 Å². The van der Waals surface area contributed by atoms with Crippen molar-refractivity contribution in [2.45, 2.75) is 40.0 Å². The van der Waals surface area contributed by atoms with Crippen molar-refractivity contribution in [2.75, 3.05) is 18.0 Å². The fourth-order valence-corrected chi connectivity index (χ4v) is 3.65. The standard InChI is InChI=1S/C23H28N2O/c1-4-14-25(15-5-2)23-20-13-8-7-12-19(20)22(24-21(23)6-3)17-10-9-11-18(26)16-17/h7-13,16,26H,4-6,14-15H2,1-3H3. The third-order valence-electron chi connectivity index (χ3n) is 4.72. The molecule has 3 heteroatoms. The molecule has 3 aromatic rings. The summed E-state index contributed by atoms with van der Waals surface area (Å²) in [6, 6.07) is 15.9. The Kier molecular flexibility index (Phi) is 5.77. The van der Waals surface area contributed by atoms with Gasteiger partial charge in [-0.3, -0.25) is 4.98 Å². The molecule has 0 radical (unpaired) electrons. The molecule has 1 N–H and O–H groups in total. The highest BCUT2D eigenvalue weighted by molar-refractivity contribution is 6.03. The number of hydrogen-bond donors (Lipinski definition) is 1. The van der Waals surface area contributed by atoms with Crippen LogP contribution in [0.15, 0.2) is 48.5 Å². The zero-order chi connectivity index (χ0) is 18.5. The van der Waals surface area contributed by atoms with E-state index in [1.165, 1.54) is 11.1 Å². The van der Waals surface area contributed by atoms with Gasteiger partial charge in [0.2, 0.25) is 0 Å². The number of aryl methyl sites for hydroxylation is 1. The van der Waals surface area contributed by atoms with Gasteiger partial charge < -0.3 is 10.0 Å². The lowest BCUT2D eigenvalue weighted by Crippen LogP contribution is -2.26. The molecule has 3 rings (SSSR count). The number of phenols is 1. The second kappa shape index (κ2) is 8.22. The van der Waals surface area contributed by atoms with E-state index in [1.807, 2.05) is 12.1 Å². The maximum absolute atomic E-state index is 9.92. The van der Waals surface area contributed by atoms with Crippen LogP contribution in [0.3, 0.4) is 0 Å². The minimum Gasteiger partial charge on any atom is -0.508 e. The fraction of sp³-hybridized carbons (Fsp3) is 0.348. The SMILES string of the molecule is CCCN(CCC)c1c(CC)nc(-c2cccc(O)c2)c2ccccc12. The Labute approximate surface area is 156 Å². The van der Waals surface area contributed by atoms with Crippen LogP contribution in [0.2, 0.25) is 0 Å². The van der Waals surface area contributed by atoms with E-state index in [4.69, 9.17) is 4.98 Å². The number of fused-ring (bicyclic) bond motifs is 1. The lowest BCUT2D eigenvalue weighted by Gasteiger charge is -2.28. The topological polar surface area (TPSA) is 36.4 Å². The summed E-state index contributed by atoms with van der Waals surface area (Å²) < 4.78 is 0. The van der Waals surface area contributed by atoms with Crippen LogP contribution >= 0.6 is 0 Å². The van der Waals surface area contributed by atoms with Crippen LogP contribution in [0.5, 0.6) is 5.75 Å². The molecule has 0 unspecified atom stereocenters. The van der Waals surface area contributed by atoms with Gasteiger partial charge in [0.15, 0.2) is 0 Å². The van der Waals surface area contributed by atoms with E-state index in [-0.39, 0.29) is 5.75 Å². The third-order valence-corrected chi connectivity index (χ3v) is 4.72. The minimum atomic E-state index is 0.272. The number of phenolic OH excluding ortho intramolecular Hbond substituents is 1. The lowest BCUT2D eigenvalue weighted by atomic mass is 9.99. The van der Waals surface area contributed by atoms with Crippen LogP contribution in [0, 0.1) is 0 Å². The van der Waals surface area contributed by atoms with Crippen LogP contribution < -0.4 is 4.90 Å². The molecule has 0 amide bonds. The largest absolute Gasteiger partial charge is 0.508 e. The Balaban J connectivity index is 2.29. The molecule has 1 heterocycles. The van der Waals surface area contributed by atoms with Gasteiger partial charge >= 0.3 is 0 Å². The number of aromatic hydroxyl groups is 1. The van der Waals surface area contributed by atoms with Crippen molar-refractivity contribution in [3.63, 3.8) is 0 Å². The maximum Gasteiger partial charge on any atom is 0.116 e. The summed E-state index contributed by atoms with van der Waals surface area (Å²) >= 11 is 0. The summed E-state index contributed by atoms with van der Waals surface area (Å²) in [5, 5.41) is 12.3. The molecule has 0 atom stereocenters. The van der Waals surface area contributed by atoms with E-state index in [2.05, 4.69) is 49.9 Å². The van der Waals surface area contributed by atoms with Gasteiger partial charge in [0, 0.05) is 29.4 Å². The van der Waals surface area contributed by atoms with Gasteiger partial charge in [-0.15, -0.1) is 0 Å². The van der Waals surface area contributed by atoms with Gasteiger partial charge in [0.25, 0.3) is 0 Å². The molecular weight excluding hydrogens is 320 g/mol. The normalized spacial score (nSPS) is 11.0. The molecule has 0 aliphatic heterocycles. The van der Waals surface area contributed by atoms with E-state index >= 15 is 0 Å². The Bertz CT molecular complexity index is 883. The molecule has 26 heavy (non-hydrogen) atoms. The highest BCUT2D eigenvalue weighted by Crippen LogP contribution is 2.37. The van der Waals surface area contributed by atoms with Crippen molar-refractivity contribution >= 4 is 16.5 Å². The molecular formula is C23H28N2O. The number of nitrogens with zero attached hydrogens (tertiary/aromatic N) is 2. The van der Waals surface area contributed by atoms with E-state index in [1.54, 1.807) is 12.1 Å². The van der Waals surface area contributed by atoms with Gasteiger partial charge in [-0.2, -0.15) is 0 Å². The Morgan fingerprint density at radius 3 is 2.19 bits per heavy atom. The van der Waals surface area contributed by atoms with Crippen LogP contribution in [0.25, 0.3) is 22.0 Å². The first-order valence-corrected chi connectivity index (χ1v) is 9.65.